The van der Waals surface area contributed by atoms with Gasteiger partial charge in [-0.1, -0.05) is 23.8 Å². The summed E-state index contributed by atoms with van der Waals surface area (Å²) in [6.07, 6.45) is 1.59. The van der Waals surface area contributed by atoms with Gasteiger partial charge in [-0.2, -0.15) is 0 Å². The van der Waals surface area contributed by atoms with Crippen LogP contribution < -0.4 is 5.32 Å². The Morgan fingerprint density at radius 2 is 2.17 bits per heavy atom. The second kappa shape index (κ2) is 5.85. The lowest BCUT2D eigenvalue weighted by atomic mass is 9.98. The maximum Gasteiger partial charge on any atom is 0.0588 e. The molecule has 0 bridgehead atoms. The molecule has 0 spiro atoms. The highest BCUT2D eigenvalue weighted by Crippen LogP contribution is 2.22. The number of aryl methyl sites for hydroxylation is 2. The van der Waals surface area contributed by atoms with Crippen LogP contribution in [0.5, 0.6) is 0 Å². The number of rotatable bonds is 4. The van der Waals surface area contributed by atoms with Gasteiger partial charge in [-0.25, -0.2) is 0 Å². The predicted molar refractivity (Wildman–Crippen MR) is 75.9 cm³/mol. The largest absolute Gasteiger partial charge is 0.378 e. The highest BCUT2D eigenvalue weighted by atomic mass is 16.5. The van der Waals surface area contributed by atoms with Gasteiger partial charge < -0.3 is 10.1 Å². The summed E-state index contributed by atoms with van der Waals surface area (Å²) in [4.78, 5) is 0. The van der Waals surface area contributed by atoms with E-state index in [9.17, 15) is 0 Å². The molecule has 1 fully saturated rings. The van der Waals surface area contributed by atoms with E-state index in [0.29, 0.717) is 18.1 Å². The number of hydrogen-bond donors (Lipinski definition) is 1. The molecular weight excluding hydrogens is 222 g/mol. The zero-order chi connectivity index (χ0) is 13.1. The van der Waals surface area contributed by atoms with Crippen molar-refractivity contribution in [2.45, 2.75) is 46.3 Å². The van der Waals surface area contributed by atoms with Crippen LogP contribution >= 0.6 is 0 Å². The van der Waals surface area contributed by atoms with Crippen LogP contribution in [0.2, 0.25) is 0 Å². The molecule has 18 heavy (non-hydrogen) atoms. The van der Waals surface area contributed by atoms with E-state index in [1.807, 2.05) is 0 Å². The average molecular weight is 247 g/mol. The highest BCUT2D eigenvalue weighted by Gasteiger charge is 2.24. The van der Waals surface area contributed by atoms with Crippen molar-refractivity contribution >= 4 is 0 Å². The van der Waals surface area contributed by atoms with Gasteiger partial charge in [0.05, 0.1) is 6.10 Å². The van der Waals surface area contributed by atoms with Crippen molar-refractivity contribution in [3.63, 3.8) is 0 Å². The minimum atomic E-state index is 0.406. The van der Waals surface area contributed by atoms with Gasteiger partial charge in [0.2, 0.25) is 0 Å². The molecule has 2 nitrogen and oxygen atoms in total. The molecule has 1 saturated heterocycles. The third-order valence-electron chi connectivity index (χ3n) is 4.12. The normalized spacial score (nSPS) is 25.3. The number of benzene rings is 1. The average Bonchev–Trinajstić information content (AvgIpc) is 2.75. The highest BCUT2D eigenvalue weighted by molar-refractivity contribution is 5.32. The first-order valence-electron chi connectivity index (χ1n) is 7.00. The minimum Gasteiger partial charge on any atom is -0.378 e. The summed E-state index contributed by atoms with van der Waals surface area (Å²) in [6, 6.07) is 7.10. The molecule has 1 heterocycles. The zero-order valence-corrected chi connectivity index (χ0v) is 12.0. The molecule has 0 aliphatic carbocycles. The van der Waals surface area contributed by atoms with E-state index >= 15 is 0 Å². The smallest absolute Gasteiger partial charge is 0.0588 e. The van der Waals surface area contributed by atoms with Crippen molar-refractivity contribution in [3.8, 4) is 0 Å². The number of nitrogens with one attached hydrogen (secondary N) is 1. The fourth-order valence-electron chi connectivity index (χ4n) is 2.71. The SMILES string of the molecule is Cc1ccc(C)c(C(C)NCC2CCOC2C)c1. The third kappa shape index (κ3) is 3.12. The first-order valence-corrected chi connectivity index (χ1v) is 7.00. The summed E-state index contributed by atoms with van der Waals surface area (Å²) in [7, 11) is 0. The first kappa shape index (κ1) is 13.6. The van der Waals surface area contributed by atoms with Crippen molar-refractivity contribution in [3.05, 3.63) is 34.9 Å². The summed E-state index contributed by atoms with van der Waals surface area (Å²) < 4.78 is 5.61. The van der Waals surface area contributed by atoms with Crippen molar-refractivity contribution in [2.75, 3.05) is 13.2 Å². The Kier molecular flexibility index (Phi) is 4.41. The molecule has 3 atom stereocenters. The number of ether oxygens (including phenoxy) is 1. The molecule has 1 aromatic carbocycles. The van der Waals surface area contributed by atoms with E-state index in [2.05, 4.69) is 51.2 Å². The maximum absolute atomic E-state index is 5.61. The van der Waals surface area contributed by atoms with E-state index < -0.39 is 0 Å². The molecule has 0 radical (unpaired) electrons. The first-order chi connectivity index (χ1) is 8.58. The van der Waals surface area contributed by atoms with Gasteiger partial charge in [-0.15, -0.1) is 0 Å². The second-order valence-electron chi connectivity index (χ2n) is 5.61. The van der Waals surface area contributed by atoms with Gasteiger partial charge >= 0.3 is 0 Å². The van der Waals surface area contributed by atoms with Gasteiger partial charge in [0.1, 0.15) is 0 Å². The second-order valence-corrected chi connectivity index (χ2v) is 5.61. The predicted octanol–water partition coefficient (Wildman–Crippen LogP) is 3.38. The third-order valence-corrected chi connectivity index (χ3v) is 4.12. The molecule has 0 saturated carbocycles. The standard InChI is InChI=1S/C16H25NO/c1-11-5-6-12(2)16(9-11)13(3)17-10-15-7-8-18-14(15)4/h5-6,9,13-15,17H,7-8,10H2,1-4H3. The van der Waals surface area contributed by atoms with Crippen LogP contribution in [0.3, 0.4) is 0 Å². The van der Waals surface area contributed by atoms with E-state index in [1.54, 1.807) is 0 Å². The monoisotopic (exact) mass is 247 g/mol. The fraction of sp³-hybridized carbons (Fsp3) is 0.625. The Labute approximate surface area is 111 Å². The molecule has 3 unspecified atom stereocenters. The Balaban J connectivity index is 1.94. The van der Waals surface area contributed by atoms with Crippen LogP contribution in [-0.4, -0.2) is 19.3 Å². The summed E-state index contributed by atoms with van der Waals surface area (Å²) in [6.45, 7) is 10.8. The van der Waals surface area contributed by atoms with Gasteiger partial charge in [0.15, 0.2) is 0 Å². The van der Waals surface area contributed by atoms with Crippen molar-refractivity contribution in [2.24, 2.45) is 5.92 Å². The molecule has 2 rings (SSSR count). The van der Waals surface area contributed by atoms with Crippen LogP contribution in [0.1, 0.15) is 43.0 Å². The molecule has 0 amide bonds. The molecular formula is C16H25NO. The van der Waals surface area contributed by atoms with E-state index in [1.165, 1.54) is 23.1 Å². The van der Waals surface area contributed by atoms with Crippen LogP contribution in [0.15, 0.2) is 18.2 Å². The summed E-state index contributed by atoms with van der Waals surface area (Å²) in [5.74, 6) is 0.664. The van der Waals surface area contributed by atoms with Crippen molar-refractivity contribution in [1.29, 1.82) is 0 Å². The molecule has 1 N–H and O–H groups in total. The van der Waals surface area contributed by atoms with Crippen LogP contribution in [-0.2, 0) is 4.74 Å². The van der Waals surface area contributed by atoms with Crippen LogP contribution in [0.25, 0.3) is 0 Å². The van der Waals surface area contributed by atoms with E-state index in [-0.39, 0.29) is 0 Å². The quantitative estimate of drug-likeness (QED) is 0.880. The molecule has 1 aliphatic heterocycles. The zero-order valence-electron chi connectivity index (χ0n) is 12.0. The van der Waals surface area contributed by atoms with Crippen molar-refractivity contribution in [1.82, 2.24) is 5.32 Å². The lowest BCUT2D eigenvalue weighted by molar-refractivity contribution is 0.105. The maximum atomic E-state index is 5.61. The van der Waals surface area contributed by atoms with Crippen LogP contribution in [0, 0.1) is 19.8 Å². The molecule has 0 aromatic heterocycles. The number of hydrogen-bond acceptors (Lipinski definition) is 2. The van der Waals surface area contributed by atoms with Crippen molar-refractivity contribution < 1.29 is 4.74 Å². The summed E-state index contributed by atoms with van der Waals surface area (Å²) in [5, 5.41) is 3.66. The van der Waals surface area contributed by atoms with Gasteiger partial charge in [0, 0.05) is 19.2 Å². The topological polar surface area (TPSA) is 21.3 Å². The Morgan fingerprint density at radius 1 is 1.39 bits per heavy atom. The fourth-order valence-corrected chi connectivity index (χ4v) is 2.71. The summed E-state index contributed by atoms with van der Waals surface area (Å²) in [5.41, 5.74) is 4.12. The molecule has 1 aliphatic rings. The van der Waals surface area contributed by atoms with Gasteiger partial charge in [-0.05, 0) is 51.2 Å². The van der Waals surface area contributed by atoms with Gasteiger partial charge in [-0.3, -0.25) is 0 Å². The Bertz CT molecular complexity index is 402. The Hall–Kier alpha value is -0.860. The van der Waals surface area contributed by atoms with E-state index in [0.717, 1.165) is 13.2 Å². The lowest BCUT2D eigenvalue weighted by Crippen LogP contribution is -2.29. The van der Waals surface area contributed by atoms with Gasteiger partial charge in [0.25, 0.3) is 0 Å². The lowest BCUT2D eigenvalue weighted by Gasteiger charge is -2.21. The molecule has 2 heteroatoms. The summed E-state index contributed by atoms with van der Waals surface area (Å²) >= 11 is 0. The van der Waals surface area contributed by atoms with Crippen LogP contribution in [0.4, 0.5) is 0 Å². The molecule has 100 valence electrons. The van der Waals surface area contributed by atoms with E-state index in [4.69, 9.17) is 4.74 Å². The molecule has 1 aromatic rings. The minimum absolute atomic E-state index is 0.406. The Morgan fingerprint density at radius 3 is 2.83 bits per heavy atom.